The molecule has 4 rings (SSSR count). The zero-order chi connectivity index (χ0) is 17.1. The van der Waals surface area contributed by atoms with Crippen molar-refractivity contribution in [2.45, 2.75) is 6.92 Å². The van der Waals surface area contributed by atoms with E-state index in [1.165, 1.54) is 38.9 Å². The van der Waals surface area contributed by atoms with Crippen molar-refractivity contribution in [1.82, 2.24) is 0 Å². The summed E-state index contributed by atoms with van der Waals surface area (Å²) in [7, 11) is 0. The smallest absolute Gasteiger partial charge is 0.00991 e. The Bertz CT molecular complexity index is 983. The largest absolute Gasteiger partial charge is 0.0622 e. The Morgan fingerprint density at radius 1 is 0.400 bits per heavy atom. The van der Waals surface area contributed by atoms with Gasteiger partial charge in [0, 0.05) is 0 Å². The zero-order valence-electron chi connectivity index (χ0n) is 14.3. The first-order valence-electron chi connectivity index (χ1n) is 8.63. The van der Waals surface area contributed by atoms with Crippen molar-refractivity contribution in [2.24, 2.45) is 0 Å². The molecule has 0 radical (unpaired) electrons. The van der Waals surface area contributed by atoms with Crippen LogP contribution in [0.25, 0.3) is 33.4 Å². The van der Waals surface area contributed by atoms with Gasteiger partial charge >= 0.3 is 0 Å². The first kappa shape index (κ1) is 15.4. The Labute approximate surface area is 149 Å². The second kappa shape index (κ2) is 6.78. The first-order valence-corrected chi connectivity index (χ1v) is 8.63. The van der Waals surface area contributed by atoms with Gasteiger partial charge in [0.15, 0.2) is 0 Å². The number of hydrogen-bond donors (Lipinski definition) is 0. The Morgan fingerprint density at radius 3 is 1.72 bits per heavy atom. The monoisotopic (exact) mass is 320 g/mol. The number of hydrogen-bond acceptors (Lipinski definition) is 0. The van der Waals surface area contributed by atoms with Crippen LogP contribution in [0.4, 0.5) is 0 Å². The zero-order valence-corrected chi connectivity index (χ0v) is 14.3. The second-order valence-electron chi connectivity index (χ2n) is 6.36. The third-order valence-electron chi connectivity index (χ3n) is 4.54. The van der Waals surface area contributed by atoms with E-state index in [9.17, 15) is 0 Å². The average Bonchev–Trinajstić information content (AvgIpc) is 2.69. The molecule has 0 saturated heterocycles. The van der Waals surface area contributed by atoms with Crippen LogP contribution in [0.3, 0.4) is 0 Å². The molecule has 0 aliphatic carbocycles. The van der Waals surface area contributed by atoms with Gasteiger partial charge in [0.2, 0.25) is 0 Å². The van der Waals surface area contributed by atoms with Crippen LogP contribution in [0.1, 0.15) is 5.56 Å². The summed E-state index contributed by atoms with van der Waals surface area (Å²) in [6.45, 7) is 2.15. The standard InChI is InChI=1S/C25H20/c1-19-9-8-14-23(17-19)25-18-22(20-10-4-2-5-11-20)15-16-24(25)21-12-6-3-7-13-21/h2-18H,1H3. The molecule has 0 bridgehead atoms. The van der Waals surface area contributed by atoms with Gasteiger partial charge in [0.25, 0.3) is 0 Å². The molecule has 0 heterocycles. The quantitative estimate of drug-likeness (QED) is 0.381. The van der Waals surface area contributed by atoms with Crippen LogP contribution in [-0.2, 0) is 0 Å². The maximum atomic E-state index is 2.31. The maximum absolute atomic E-state index is 2.31. The van der Waals surface area contributed by atoms with E-state index in [0.717, 1.165) is 0 Å². The topological polar surface area (TPSA) is 0 Å². The minimum Gasteiger partial charge on any atom is -0.0622 e. The highest BCUT2D eigenvalue weighted by atomic mass is 14.1. The van der Waals surface area contributed by atoms with Crippen LogP contribution in [0.15, 0.2) is 103 Å². The van der Waals surface area contributed by atoms with Gasteiger partial charge in [0.1, 0.15) is 0 Å². The Kier molecular flexibility index (Phi) is 4.18. The minimum atomic E-state index is 1.25. The lowest BCUT2D eigenvalue weighted by atomic mass is 9.90. The van der Waals surface area contributed by atoms with Gasteiger partial charge in [-0.2, -0.15) is 0 Å². The van der Waals surface area contributed by atoms with Crippen LogP contribution >= 0.6 is 0 Å². The van der Waals surface area contributed by atoms with Gasteiger partial charge in [0.05, 0.1) is 0 Å². The van der Waals surface area contributed by atoms with Crippen LogP contribution in [0.2, 0.25) is 0 Å². The van der Waals surface area contributed by atoms with Crippen LogP contribution < -0.4 is 0 Å². The predicted molar refractivity (Wildman–Crippen MR) is 107 cm³/mol. The van der Waals surface area contributed by atoms with Gasteiger partial charge in [-0.15, -0.1) is 0 Å². The summed E-state index contributed by atoms with van der Waals surface area (Å²) in [4.78, 5) is 0. The SMILES string of the molecule is Cc1cccc(-c2cc(-c3ccccc3)ccc2-c2ccccc2)c1. The number of benzene rings is 4. The lowest BCUT2D eigenvalue weighted by molar-refractivity contribution is 1.46. The van der Waals surface area contributed by atoms with Crippen molar-refractivity contribution in [3.05, 3.63) is 109 Å². The summed E-state index contributed by atoms with van der Waals surface area (Å²) < 4.78 is 0. The van der Waals surface area contributed by atoms with E-state index in [4.69, 9.17) is 0 Å². The molecule has 0 N–H and O–H groups in total. The van der Waals surface area contributed by atoms with Gasteiger partial charge in [-0.3, -0.25) is 0 Å². The number of aryl methyl sites for hydroxylation is 1. The molecule has 0 fully saturated rings. The molecular weight excluding hydrogens is 300 g/mol. The van der Waals surface area contributed by atoms with Crippen molar-refractivity contribution in [3.63, 3.8) is 0 Å². The van der Waals surface area contributed by atoms with Crippen molar-refractivity contribution >= 4 is 0 Å². The second-order valence-corrected chi connectivity index (χ2v) is 6.36. The minimum absolute atomic E-state index is 1.25. The summed E-state index contributed by atoms with van der Waals surface area (Å²) in [5.74, 6) is 0. The number of rotatable bonds is 3. The maximum Gasteiger partial charge on any atom is -0.00991 e. The van der Waals surface area contributed by atoms with E-state index < -0.39 is 0 Å². The average molecular weight is 320 g/mol. The van der Waals surface area contributed by atoms with E-state index in [1.54, 1.807) is 0 Å². The van der Waals surface area contributed by atoms with Gasteiger partial charge in [-0.25, -0.2) is 0 Å². The van der Waals surface area contributed by atoms with Crippen LogP contribution in [-0.4, -0.2) is 0 Å². The van der Waals surface area contributed by atoms with Gasteiger partial charge < -0.3 is 0 Å². The Morgan fingerprint density at radius 2 is 1.04 bits per heavy atom. The first-order chi connectivity index (χ1) is 12.3. The lowest BCUT2D eigenvalue weighted by Gasteiger charge is -2.13. The fourth-order valence-electron chi connectivity index (χ4n) is 3.28. The molecule has 0 aromatic heterocycles. The van der Waals surface area contributed by atoms with E-state index in [0.29, 0.717) is 0 Å². The molecule has 120 valence electrons. The molecule has 4 aromatic rings. The molecule has 0 atom stereocenters. The predicted octanol–water partition coefficient (Wildman–Crippen LogP) is 7.00. The molecule has 0 aliphatic rings. The van der Waals surface area contributed by atoms with Crippen molar-refractivity contribution in [2.75, 3.05) is 0 Å². The van der Waals surface area contributed by atoms with E-state index >= 15 is 0 Å². The molecule has 0 nitrogen and oxygen atoms in total. The normalized spacial score (nSPS) is 10.6. The lowest BCUT2D eigenvalue weighted by Crippen LogP contribution is -1.88. The summed E-state index contributed by atoms with van der Waals surface area (Å²) >= 11 is 0. The molecular formula is C25H20. The summed E-state index contributed by atoms with van der Waals surface area (Å²) in [6, 6.07) is 36.7. The van der Waals surface area contributed by atoms with Crippen LogP contribution in [0, 0.1) is 6.92 Å². The molecule has 0 amide bonds. The fourth-order valence-corrected chi connectivity index (χ4v) is 3.28. The molecule has 0 aliphatic heterocycles. The summed E-state index contributed by atoms with van der Waals surface area (Å²) in [5.41, 5.74) is 8.83. The molecule has 0 heteroatoms. The van der Waals surface area contributed by atoms with Crippen LogP contribution in [0.5, 0.6) is 0 Å². The highest BCUT2D eigenvalue weighted by molar-refractivity contribution is 5.87. The highest BCUT2D eigenvalue weighted by Crippen LogP contribution is 2.35. The van der Waals surface area contributed by atoms with E-state index in [-0.39, 0.29) is 0 Å². The summed E-state index contributed by atoms with van der Waals surface area (Å²) in [5, 5.41) is 0. The Balaban J connectivity index is 1.93. The third kappa shape index (κ3) is 3.25. The highest BCUT2D eigenvalue weighted by Gasteiger charge is 2.10. The summed E-state index contributed by atoms with van der Waals surface area (Å²) in [6.07, 6.45) is 0. The Hall–Kier alpha value is -3.12. The molecule has 4 aromatic carbocycles. The molecule has 0 spiro atoms. The third-order valence-corrected chi connectivity index (χ3v) is 4.54. The van der Waals surface area contributed by atoms with Crippen molar-refractivity contribution in [3.8, 4) is 33.4 Å². The van der Waals surface area contributed by atoms with E-state index in [1.807, 2.05) is 0 Å². The van der Waals surface area contributed by atoms with E-state index in [2.05, 4.69) is 110 Å². The molecule has 25 heavy (non-hydrogen) atoms. The fraction of sp³-hybridized carbons (Fsp3) is 0.0400. The van der Waals surface area contributed by atoms with Crippen molar-refractivity contribution < 1.29 is 0 Å². The van der Waals surface area contributed by atoms with Gasteiger partial charge in [-0.1, -0.05) is 103 Å². The molecule has 0 saturated carbocycles. The molecule has 0 unspecified atom stereocenters. The van der Waals surface area contributed by atoms with Gasteiger partial charge in [-0.05, 0) is 46.4 Å². The van der Waals surface area contributed by atoms with Crippen molar-refractivity contribution in [1.29, 1.82) is 0 Å².